The van der Waals surface area contributed by atoms with E-state index in [-0.39, 0.29) is 0 Å². The number of sulfonamides is 1. The highest BCUT2D eigenvalue weighted by molar-refractivity contribution is 7.89. The number of nitrogens with zero attached hydrogens (tertiary/aromatic N) is 2. The van der Waals surface area contributed by atoms with Gasteiger partial charge in [-0.2, -0.15) is 0 Å². The van der Waals surface area contributed by atoms with E-state index in [0.29, 0.717) is 23.2 Å². The fraction of sp³-hybridized carbons (Fsp3) is 0.545. The summed E-state index contributed by atoms with van der Waals surface area (Å²) >= 11 is 0. The van der Waals surface area contributed by atoms with Crippen molar-refractivity contribution in [3.05, 3.63) is 18.3 Å². The van der Waals surface area contributed by atoms with Crippen molar-refractivity contribution in [3.63, 3.8) is 0 Å². The first-order valence-corrected chi connectivity index (χ1v) is 7.08. The van der Waals surface area contributed by atoms with Gasteiger partial charge in [0.15, 0.2) is 0 Å². The molecule has 2 rings (SSSR count). The van der Waals surface area contributed by atoms with Crippen molar-refractivity contribution in [2.45, 2.75) is 17.7 Å². The van der Waals surface area contributed by atoms with E-state index in [1.54, 1.807) is 20.2 Å². The Kier molecular flexibility index (Phi) is 3.35. The molecule has 94 valence electrons. The second-order valence-electron chi connectivity index (χ2n) is 4.36. The van der Waals surface area contributed by atoms with E-state index in [1.165, 1.54) is 16.6 Å². The highest BCUT2D eigenvalue weighted by atomic mass is 32.2. The molecule has 1 N–H and O–H groups in total. The van der Waals surface area contributed by atoms with Gasteiger partial charge in [-0.25, -0.2) is 17.7 Å². The van der Waals surface area contributed by atoms with Gasteiger partial charge in [-0.15, -0.1) is 0 Å². The van der Waals surface area contributed by atoms with Crippen LogP contribution in [0.1, 0.15) is 12.8 Å². The second kappa shape index (κ2) is 4.62. The van der Waals surface area contributed by atoms with E-state index in [9.17, 15) is 8.42 Å². The SMILES string of the molecule is CNc1cc(S(=O)(=O)N(C)CC2CC2)ccn1. The van der Waals surface area contributed by atoms with E-state index in [4.69, 9.17) is 0 Å². The Hall–Kier alpha value is -1.14. The molecule has 0 radical (unpaired) electrons. The van der Waals surface area contributed by atoms with Gasteiger partial charge in [0.25, 0.3) is 0 Å². The minimum Gasteiger partial charge on any atom is -0.373 e. The fourth-order valence-corrected chi connectivity index (χ4v) is 2.91. The average Bonchev–Trinajstić information content (AvgIpc) is 3.13. The Bertz CT molecular complexity index is 497. The standard InChI is InChI=1S/C11H17N3O2S/c1-12-11-7-10(5-6-13-11)17(15,16)14(2)8-9-3-4-9/h5-7,9H,3-4,8H2,1-2H3,(H,12,13). The van der Waals surface area contributed by atoms with E-state index >= 15 is 0 Å². The van der Waals surface area contributed by atoms with Crippen molar-refractivity contribution in [2.24, 2.45) is 5.92 Å². The lowest BCUT2D eigenvalue weighted by Crippen LogP contribution is -2.29. The van der Waals surface area contributed by atoms with Crippen molar-refractivity contribution < 1.29 is 8.42 Å². The van der Waals surface area contributed by atoms with Crippen molar-refractivity contribution in [1.82, 2.24) is 9.29 Å². The summed E-state index contributed by atoms with van der Waals surface area (Å²) in [6.45, 7) is 0.611. The summed E-state index contributed by atoms with van der Waals surface area (Å²) < 4.78 is 25.9. The molecule has 6 heteroatoms. The third-order valence-electron chi connectivity index (χ3n) is 2.91. The zero-order chi connectivity index (χ0) is 12.5. The topological polar surface area (TPSA) is 62.3 Å². The van der Waals surface area contributed by atoms with Gasteiger partial charge >= 0.3 is 0 Å². The maximum atomic E-state index is 12.2. The molecule has 0 aliphatic heterocycles. The van der Waals surface area contributed by atoms with Crippen LogP contribution in [0.15, 0.2) is 23.2 Å². The number of hydrogen-bond donors (Lipinski definition) is 1. The molecule has 0 aromatic carbocycles. The van der Waals surface area contributed by atoms with E-state index in [1.807, 2.05) is 0 Å². The Morgan fingerprint density at radius 1 is 1.53 bits per heavy atom. The Morgan fingerprint density at radius 3 is 2.82 bits per heavy atom. The van der Waals surface area contributed by atoms with Crippen LogP contribution >= 0.6 is 0 Å². The summed E-state index contributed by atoms with van der Waals surface area (Å²) in [4.78, 5) is 4.30. The van der Waals surface area contributed by atoms with Crippen molar-refractivity contribution in [3.8, 4) is 0 Å². The van der Waals surface area contributed by atoms with Crippen LogP contribution in [0.4, 0.5) is 5.82 Å². The first-order chi connectivity index (χ1) is 8.04. The van der Waals surface area contributed by atoms with Crippen molar-refractivity contribution >= 4 is 15.8 Å². The predicted molar refractivity (Wildman–Crippen MR) is 66.3 cm³/mol. The molecule has 0 amide bonds. The van der Waals surface area contributed by atoms with Crippen LogP contribution in [0.5, 0.6) is 0 Å². The van der Waals surface area contributed by atoms with Crippen molar-refractivity contribution in [2.75, 3.05) is 26.0 Å². The second-order valence-corrected chi connectivity index (χ2v) is 6.40. The minimum atomic E-state index is -3.37. The van der Waals surface area contributed by atoms with Crippen LogP contribution in [0, 0.1) is 5.92 Å². The smallest absolute Gasteiger partial charge is 0.243 e. The summed E-state index contributed by atoms with van der Waals surface area (Å²) in [5, 5.41) is 2.84. The number of rotatable bonds is 5. The van der Waals surface area contributed by atoms with Gasteiger partial charge in [-0.1, -0.05) is 0 Å². The third kappa shape index (κ3) is 2.76. The van der Waals surface area contributed by atoms with Gasteiger partial charge in [0.05, 0.1) is 4.90 Å². The number of nitrogens with one attached hydrogen (secondary N) is 1. The molecule has 1 aliphatic carbocycles. The molecular formula is C11H17N3O2S. The molecule has 0 atom stereocenters. The molecule has 17 heavy (non-hydrogen) atoms. The quantitative estimate of drug-likeness (QED) is 0.857. The van der Waals surface area contributed by atoms with Crippen LogP contribution in [-0.2, 0) is 10.0 Å². The third-order valence-corrected chi connectivity index (χ3v) is 4.73. The summed E-state index contributed by atoms with van der Waals surface area (Å²) in [7, 11) is -0.0263. The van der Waals surface area contributed by atoms with E-state index in [2.05, 4.69) is 10.3 Å². The molecule has 1 aromatic rings. The lowest BCUT2D eigenvalue weighted by atomic mass is 10.4. The van der Waals surface area contributed by atoms with Gasteiger partial charge in [0.2, 0.25) is 10.0 Å². The van der Waals surface area contributed by atoms with Crippen LogP contribution in [0.2, 0.25) is 0 Å². The number of aromatic nitrogens is 1. The molecule has 1 fully saturated rings. The fourth-order valence-electron chi connectivity index (χ4n) is 1.65. The lowest BCUT2D eigenvalue weighted by molar-refractivity contribution is 0.453. The summed E-state index contributed by atoms with van der Waals surface area (Å²) in [5.74, 6) is 1.10. The normalized spacial score (nSPS) is 16.2. The summed E-state index contributed by atoms with van der Waals surface area (Å²) in [5.41, 5.74) is 0. The molecular weight excluding hydrogens is 238 g/mol. The molecule has 5 nitrogen and oxygen atoms in total. The first kappa shape index (κ1) is 12.3. The number of anilines is 1. The van der Waals surface area contributed by atoms with E-state index < -0.39 is 10.0 Å². The molecule has 1 aromatic heterocycles. The van der Waals surface area contributed by atoms with Gasteiger partial charge < -0.3 is 5.32 Å². The maximum absolute atomic E-state index is 12.2. The van der Waals surface area contributed by atoms with Gasteiger partial charge in [0, 0.05) is 32.9 Å². The van der Waals surface area contributed by atoms with Crippen LogP contribution in [0.25, 0.3) is 0 Å². The minimum absolute atomic E-state index is 0.292. The van der Waals surface area contributed by atoms with Gasteiger partial charge in [-0.3, -0.25) is 0 Å². The largest absolute Gasteiger partial charge is 0.373 e. The zero-order valence-electron chi connectivity index (χ0n) is 10.0. The predicted octanol–water partition coefficient (Wildman–Crippen LogP) is 1.15. The van der Waals surface area contributed by atoms with Crippen LogP contribution in [0.3, 0.4) is 0 Å². The molecule has 0 spiro atoms. The first-order valence-electron chi connectivity index (χ1n) is 5.64. The summed E-state index contributed by atoms with van der Waals surface area (Å²) in [6, 6.07) is 3.08. The Labute approximate surface area is 102 Å². The van der Waals surface area contributed by atoms with Gasteiger partial charge in [-0.05, 0) is 24.8 Å². The molecule has 1 heterocycles. The maximum Gasteiger partial charge on any atom is 0.243 e. The lowest BCUT2D eigenvalue weighted by Gasteiger charge is -2.17. The molecule has 1 aliphatic rings. The molecule has 0 saturated heterocycles. The Balaban J connectivity index is 2.22. The molecule has 0 bridgehead atoms. The van der Waals surface area contributed by atoms with Crippen LogP contribution < -0.4 is 5.32 Å². The van der Waals surface area contributed by atoms with Gasteiger partial charge in [0.1, 0.15) is 5.82 Å². The van der Waals surface area contributed by atoms with Crippen molar-refractivity contribution in [1.29, 1.82) is 0 Å². The molecule has 0 unspecified atom stereocenters. The average molecular weight is 255 g/mol. The zero-order valence-corrected chi connectivity index (χ0v) is 10.9. The summed E-state index contributed by atoms with van der Waals surface area (Å²) in [6.07, 6.45) is 3.78. The molecule has 1 saturated carbocycles. The highest BCUT2D eigenvalue weighted by Gasteiger charge is 2.29. The monoisotopic (exact) mass is 255 g/mol. The highest BCUT2D eigenvalue weighted by Crippen LogP contribution is 2.31. The van der Waals surface area contributed by atoms with E-state index in [0.717, 1.165) is 12.8 Å². The van der Waals surface area contributed by atoms with Crippen LogP contribution in [-0.4, -0.2) is 38.3 Å². The number of hydrogen-bond acceptors (Lipinski definition) is 4. The Morgan fingerprint density at radius 2 is 2.24 bits per heavy atom. The number of pyridine rings is 1.